The first-order chi connectivity index (χ1) is 11.2. The van der Waals surface area contributed by atoms with E-state index in [2.05, 4.69) is 52.8 Å². The van der Waals surface area contributed by atoms with Crippen molar-refractivity contribution in [2.24, 2.45) is 5.92 Å². The molecule has 0 saturated carbocycles. The van der Waals surface area contributed by atoms with Crippen molar-refractivity contribution in [1.29, 1.82) is 0 Å². The molecule has 3 aromatic rings. The summed E-state index contributed by atoms with van der Waals surface area (Å²) in [6, 6.07) is 6.55. The van der Waals surface area contributed by atoms with Crippen LogP contribution in [0.5, 0.6) is 0 Å². The quantitative estimate of drug-likeness (QED) is 0.799. The highest BCUT2D eigenvalue weighted by molar-refractivity contribution is 7.17. The Balaban J connectivity index is 1.64. The number of aromatic nitrogens is 2. The third kappa shape index (κ3) is 2.82. The highest BCUT2D eigenvalue weighted by Gasteiger charge is 2.19. The Hall–Kier alpha value is -1.98. The summed E-state index contributed by atoms with van der Waals surface area (Å²) in [7, 11) is 2.10. The van der Waals surface area contributed by atoms with Gasteiger partial charge in [-0.25, -0.2) is 4.98 Å². The molecule has 1 aliphatic heterocycles. The van der Waals surface area contributed by atoms with E-state index in [9.17, 15) is 0 Å². The van der Waals surface area contributed by atoms with Crippen LogP contribution in [0.15, 0.2) is 36.0 Å². The van der Waals surface area contributed by atoms with Crippen LogP contribution >= 0.6 is 11.3 Å². The molecule has 0 unspecified atom stereocenters. The van der Waals surface area contributed by atoms with E-state index in [1.165, 1.54) is 15.6 Å². The molecular formula is C18H20N4S. The maximum Gasteiger partial charge on any atom is 0.147 e. The first-order valence-electron chi connectivity index (χ1n) is 7.93. The lowest BCUT2D eigenvalue weighted by Gasteiger charge is -2.31. The third-order valence-electron chi connectivity index (χ3n) is 4.47. The second-order valence-electron chi connectivity index (χ2n) is 6.30. The molecule has 0 bridgehead atoms. The third-order valence-corrected chi connectivity index (χ3v) is 5.56. The summed E-state index contributed by atoms with van der Waals surface area (Å²) in [5.74, 6) is 1.66. The fourth-order valence-corrected chi connectivity index (χ4v) is 3.88. The van der Waals surface area contributed by atoms with Crippen molar-refractivity contribution in [3.8, 4) is 11.3 Å². The van der Waals surface area contributed by atoms with Gasteiger partial charge in [-0.1, -0.05) is 6.07 Å². The molecule has 4 rings (SSSR count). The second kappa shape index (κ2) is 5.91. The number of aryl methyl sites for hydroxylation is 1. The molecule has 118 valence electrons. The number of rotatable bonds is 4. The summed E-state index contributed by atoms with van der Waals surface area (Å²) in [5, 5.41) is 6.83. The minimum absolute atomic E-state index is 0.718. The van der Waals surface area contributed by atoms with Crippen molar-refractivity contribution in [1.82, 2.24) is 15.3 Å². The van der Waals surface area contributed by atoms with E-state index in [1.54, 1.807) is 11.3 Å². The van der Waals surface area contributed by atoms with Crippen LogP contribution in [0.3, 0.4) is 0 Å². The van der Waals surface area contributed by atoms with Crippen molar-refractivity contribution in [2.75, 3.05) is 31.6 Å². The van der Waals surface area contributed by atoms with Crippen LogP contribution in [0.2, 0.25) is 0 Å². The molecule has 23 heavy (non-hydrogen) atoms. The van der Waals surface area contributed by atoms with Gasteiger partial charge in [-0.3, -0.25) is 4.98 Å². The molecule has 0 amide bonds. The molecule has 3 heterocycles. The summed E-state index contributed by atoms with van der Waals surface area (Å²) in [5.41, 5.74) is 3.39. The summed E-state index contributed by atoms with van der Waals surface area (Å²) in [4.78, 5) is 11.4. The lowest BCUT2D eigenvalue weighted by molar-refractivity contribution is 0.352. The first-order valence-corrected chi connectivity index (χ1v) is 8.81. The van der Waals surface area contributed by atoms with Gasteiger partial charge in [-0.2, -0.15) is 0 Å². The predicted molar refractivity (Wildman–Crippen MR) is 97.2 cm³/mol. The van der Waals surface area contributed by atoms with Crippen molar-refractivity contribution in [3.05, 3.63) is 41.5 Å². The summed E-state index contributed by atoms with van der Waals surface area (Å²) < 4.78 is 1.32. The van der Waals surface area contributed by atoms with Gasteiger partial charge < -0.3 is 10.2 Å². The number of nitrogens with zero attached hydrogens (tertiary/aromatic N) is 3. The van der Waals surface area contributed by atoms with E-state index in [0.29, 0.717) is 0 Å². The van der Waals surface area contributed by atoms with Gasteiger partial charge in [0.1, 0.15) is 5.82 Å². The number of nitrogens with one attached hydrogen (secondary N) is 1. The molecule has 1 N–H and O–H groups in total. The zero-order valence-corrected chi connectivity index (χ0v) is 14.2. The average Bonchev–Trinajstić information content (AvgIpc) is 2.91. The normalized spacial score (nSPS) is 14.9. The second-order valence-corrected chi connectivity index (χ2v) is 7.21. The Morgan fingerprint density at radius 3 is 2.96 bits per heavy atom. The van der Waals surface area contributed by atoms with Gasteiger partial charge in [0, 0.05) is 42.9 Å². The fraction of sp³-hybridized carbons (Fsp3) is 0.333. The van der Waals surface area contributed by atoms with E-state index in [4.69, 9.17) is 4.98 Å². The van der Waals surface area contributed by atoms with E-state index < -0.39 is 0 Å². The standard InChI is InChI=1S/C18H20N4S/c1-12-11-23-17-4-3-14(5-15(12)17)16-8-20-9-18(21-16)22(2)10-13-6-19-7-13/h3-5,8-9,11,13,19H,6-7,10H2,1-2H3. The van der Waals surface area contributed by atoms with Crippen LogP contribution in [0.4, 0.5) is 5.82 Å². The fourth-order valence-electron chi connectivity index (χ4n) is 2.95. The summed E-state index contributed by atoms with van der Waals surface area (Å²) >= 11 is 1.79. The summed E-state index contributed by atoms with van der Waals surface area (Å²) in [6.07, 6.45) is 3.70. The monoisotopic (exact) mass is 324 g/mol. The SMILES string of the molecule is Cc1csc2ccc(-c3cncc(N(C)CC4CNC4)n3)cc12. The Kier molecular flexibility index (Phi) is 3.75. The van der Waals surface area contributed by atoms with Crippen LogP contribution < -0.4 is 10.2 Å². The minimum Gasteiger partial charge on any atom is -0.358 e. The van der Waals surface area contributed by atoms with Crippen LogP contribution in [-0.2, 0) is 0 Å². The first kappa shape index (κ1) is 14.6. The molecule has 5 heteroatoms. The highest BCUT2D eigenvalue weighted by atomic mass is 32.1. The smallest absolute Gasteiger partial charge is 0.147 e. The molecule has 1 aliphatic rings. The van der Waals surface area contributed by atoms with E-state index >= 15 is 0 Å². The van der Waals surface area contributed by atoms with Gasteiger partial charge in [0.25, 0.3) is 0 Å². The minimum atomic E-state index is 0.718. The van der Waals surface area contributed by atoms with E-state index in [0.717, 1.165) is 42.6 Å². The molecule has 4 nitrogen and oxygen atoms in total. The average molecular weight is 324 g/mol. The number of hydrogen-bond acceptors (Lipinski definition) is 5. The van der Waals surface area contributed by atoms with Crippen molar-refractivity contribution in [3.63, 3.8) is 0 Å². The van der Waals surface area contributed by atoms with Gasteiger partial charge >= 0.3 is 0 Å². The molecule has 0 aliphatic carbocycles. The molecule has 1 aromatic carbocycles. The number of benzene rings is 1. The van der Waals surface area contributed by atoms with E-state index in [-0.39, 0.29) is 0 Å². The van der Waals surface area contributed by atoms with Crippen molar-refractivity contribution < 1.29 is 0 Å². The van der Waals surface area contributed by atoms with Gasteiger partial charge in [0.05, 0.1) is 18.1 Å². The maximum absolute atomic E-state index is 4.82. The highest BCUT2D eigenvalue weighted by Crippen LogP contribution is 2.30. The number of fused-ring (bicyclic) bond motifs is 1. The lowest BCUT2D eigenvalue weighted by Crippen LogP contribution is -2.47. The Morgan fingerprint density at radius 1 is 1.30 bits per heavy atom. The topological polar surface area (TPSA) is 41.1 Å². The Labute approximate surface area is 140 Å². The van der Waals surface area contributed by atoms with Crippen molar-refractivity contribution in [2.45, 2.75) is 6.92 Å². The molecule has 0 radical (unpaired) electrons. The zero-order valence-electron chi connectivity index (χ0n) is 13.4. The van der Waals surface area contributed by atoms with Gasteiger partial charge in [-0.15, -0.1) is 11.3 Å². The van der Waals surface area contributed by atoms with Gasteiger partial charge in [-0.05, 0) is 35.4 Å². The van der Waals surface area contributed by atoms with Crippen LogP contribution in [0, 0.1) is 12.8 Å². The van der Waals surface area contributed by atoms with Crippen LogP contribution in [0.25, 0.3) is 21.3 Å². The zero-order chi connectivity index (χ0) is 15.8. The molecule has 0 spiro atoms. The largest absolute Gasteiger partial charge is 0.358 e. The Morgan fingerprint density at radius 2 is 2.17 bits per heavy atom. The molecule has 1 saturated heterocycles. The van der Waals surface area contributed by atoms with Gasteiger partial charge in [0.2, 0.25) is 0 Å². The van der Waals surface area contributed by atoms with Crippen molar-refractivity contribution >= 4 is 27.2 Å². The summed E-state index contributed by atoms with van der Waals surface area (Å²) in [6.45, 7) is 5.38. The Bertz CT molecular complexity index is 838. The molecular weight excluding hydrogens is 304 g/mol. The van der Waals surface area contributed by atoms with Crippen LogP contribution in [0.1, 0.15) is 5.56 Å². The maximum atomic E-state index is 4.82. The molecule has 1 fully saturated rings. The number of thiophene rings is 1. The molecule has 0 atom stereocenters. The van der Waals surface area contributed by atoms with Gasteiger partial charge in [0.15, 0.2) is 0 Å². The van der Waals surface area contributed by atoms with Crippen LogP contribution in [-0.4, -0.2) is 36.6 Å². The molecule has 2 aromatic heterocycles. The predicted octanol–water partition coefficient (Wildman–Crippen LogP) is 3.32. The lowest BCUT2D eigenvalue weighted by atomic mass is 10.0. The number of anilines is 1. The number of hydrogen-bond donors (Lipinski definition) is 1. The van der Waals surface area contributed by atoms with E-state index in [1.807, 2.05) is 12.4 Å².